The van der Waals surface area contributed by atoms with Crippen molar-refractivity contribution in [2.75, 3.05) is 20.0 Å². The maximum absolute atomic E-state index is 5.93. The third-order valence-corrected chi connectivity index (χ3v) is 3.27. The zero-order valence-corrected chi connectivity index (χ0v) is 12.6. The van der Waals surface area contributed by atoms with E-state index in [1.54, 1.807) is 20.4 Å². The number of ether oxygens (including phenoxy) is 2. The van der Waals surface area contributed by atoms with Gasteiger partial charge in [0.15, 0.2) is 0 Å². The molecule has 0 atom stereocenters. The van der Waals surface area contributed by atoms with Gasteiger partial charge in [-0.3, -0.25) is 5.10 Å². The minimum absolute atomic E-state index is 0.0763. The number of nitrogens with two attached hydrogens (primary N) is 1. The van der Waals surface area contributed by atoms with Crippen LogP contribution >= 0.6 is 0 Å². The van der Waals surface area contributed by atoms with Gasteiger partial charge in [0.2, 0.25) is 0 Å². The lowest BCUT2D eigenvalue weighted by molar-refractivity contribution is 0.389. The van der Waals surface area contributed by atoms with E-state index in [1.165, 1.54) is 0 Å². The molecule has 20 heavy (non-hydrogen) atoms. The molecule has 108 valence electrons. The molecule has 0 radical (unpaired) electrons. The molecule has 0 amide bonds. The third kappa shape index (κ3) is 2.43. The predicted octanol–water partition coefficient (Wildman–Crippen LogP) is 2.97. The number of anilines is 1. The Morgan fingerprint density at radius 1 is 1.10 bits per heavy atom. The largest absolute Gasteiger partial charge is 0.497 e. The van der Waals surface area contributed by atoms with E-state index in [9.17, 15) is 0 Å². The summed E-state index contributed by atoms with van der Waals surface area (Å²) in [5.41, 5.74) is 8.61. The molecule has 1 aromatic heterocycles. The first kappa shape index (κ1) is 14.2. The van der Waals surface area contributed by atoms with E-state index < -0.39 is 0 Å². The fourth-order valence-corrected chi connectivity index (χ4v) is 2.21. The van der Waals surface area contributed by atoms with E-state index in [0.717, 1.165) is 28.2 Å². The summed E-state index contributed by atoms with van der Waals surface area (Å²) in [4.78, 5) is 0. The highest BCUT2D eigenvalue weighted by molar-refractivity contribution is 5.80. The molecule has 3 N–H and O–H groups in total. The van der Waals surface area contributed by atoms with E-state index in [1.807, 2.05) is 12.1 Å². The predicted molar refractivity (Wildman–Crippen MR) is 80.2 cm³/mol. The molecule has 0 saturated carbocycles. The van der Waals surface area contributed by atoms with E-state index in [0.29, 0.717) is 5.82 Å². The number of rotatable bonds is 3. The number of H-pyrrole nitrogens is 1. The summed E-state index contributed by atoms with van der Waals surface area (Å²) in [6.45, 7) is 6.40. The molecule has 2 aromatic rings. The number of nitrogen functional groups attached to an aromatic ring is 1. The zero-order chi connectivity index (χ0) is 14.9. The Bertz CT molecular complexity index is 612. The number of aromatic nitrogens is 2. The zero-order valence-electron chi connectivity index (χ0n) is 12.6. The number of methoxy groups -OCH3 is 2. The van der Waals surface area contributed by atoms with Gasteiger partial charge in [0, 0.05) is 16.7 Å². The monoisotopic (exact) mass is 275 g/mol. The second-order valence-corrected chi connectivity index (χ2v) is 5.70. The first-order valence-electron chi connectivity index (χ1n) is 6.44. The second kappa shape index (κ2) is 5.07. The molecule has 0 aliphatic carbocycles. The van der Waals surface area contributed by atoms with Crippen LogP contribution in [0.4, 0.5) is 5.82 Å². The van der Waals surface area contributed by atoms with Crippen molar-refractivity contribution < 1.29 is 9.47 Å². The van der Waals surface area contributed by atoms with Gasteiger partial charge in [-0.05, 0) is 17.5 Å². The van der Waals surface area contributed by atoms with Gasteiger partial charge < -0.3 is 15.2 Å². The fraction of sp³-hybridized carbons (Fsp3) is 0.400. The van der Waals surface area contributed by atoms with Crippen LogP contribution in [0.3, 0.4) is 0 Å². The van der Waals surface area contributed by atoms with Crippen molar-refractivity contribution in [1.82, 2.24) is 10.2 Å². The maximum atomic E-state index is 5.93. The number of hydrogen-bond donors (Lipinski definition) is 2. The molecule has 0 saturated heterocycles. The molecule has 0 aliphatic rings. The molecule has 1 heterocycles. The second-order valence-electron chi connectivity index (χ2n) is 5.70. The highest BCUT2D eigenvalue weighted by atomic mass is 16.5. The van der Waals surface area contributed by atoms with E-state index in [-0.39, 0.29) is 5.41 Å². The first-order valence-corrected chi connectivity index (χ1v) is 6.44. The first-order chi connectivity index (χ1) is 9.38. The fourth-order valence-electron chi connectivity index (χ4n) is 2.21. The van der Waals surface area contributed by atoms with Gasteiger partial charge in [0.05, 0.1) is 20.4 Å². The van der Waals surface area contributed by atoms with Crippen molar-refractivity contribution in [1.29, 1.82) is 0 Å². The molecule has 5 heteroatoms. The topological polar surface area (TPSA) is 73.2 Å². The number of hydrogen-bond acceptors (Lipinski definition) is 4. The van der Waals surface area contributed by atoms with Crippen LogP contribution in [0.25, 0.3) is 11.1 Å². The van der Waals surface area contributed by atoms with Crippen molar-refractivity contribution in [2.45, 2.75) is 26.2 Å². The molecule has 0 fully saturated rings. The minimum Gasteiger partial charge on any atom is -0.497 e. The quantitative estimate of drug-likeness (QED) is 0.903. The lowest BCUT2D eigenvalue weighted by Crippen LogP contribution is -2.13. The van der Waals surface area contributed by atoms with Crippen LogP contribution in [0.1, 0.15) is 26.3 Å². The summed E-state index contributed by atoms with van der Waals surface area (Å²) >= 11 is 0. The number of nitrogens with zero attached hydrogens (tertiary/aromatic N) is 1. The molecule has 0 spiro atoms. The molecule has 5 nitrogen and oxygen atoms in total. The van der Waals surface area contributed by atoms with Crippen LogP contribution in [0.2, 0.25) is 0 Å². The van der Waals surface area contributed by atoms with Crippen LogP contribution < -0.4 is 15.2 Å². The van der Waals surface area contributed by atoms with Crippen LogP contribution in [0.5, 0.6) is 11.5 Å². The number of nitrogens with one attached hydrogen (secondary N) is 1. The van der Waals surface area contributed by atoms with Crippen LogP contribution in [0, 0.1) is 0 Å². The lowest BCUT2D eigenvalue weighted by atomic mass is 9.84. The van der Waals surface area contributed by atoms with Crippen molar-refractivity contribution in [2.24, 2.45) is 0 Å². The molecule has 1 aromatic carbocycles. The molecule has 0 aliphatic heterocycles. The van der Waals surface area contributed by atoms with Crippen LogP contribution in [-0.4, -0.2) is 24.4 Å². The van der Waals surface area contributed by atoms with Gasteiger partial charge in [0.25, 0.3) is 0 Å². The molecule has 0 unspecified atom stereocenters. The molecular weight excluding hydrogens is 254 g/mol. The normalized spacial score (nSPS) is 11.4. The van der Waals surface area contributed by atoms with Gasteiger partial charge >= 0.3 is 0 Å². The maximum Gasteiger partial charge on any atom is 0.130 e. The van der Waals surface area contributed by atoms with Crippen molar-refractivity contribution >= 4 is 5.82 Å². The summed E-state index contributed by atoms with van der Waals surface area (Å²) in [6, 6.07) is 3.91. The highest BCUT2D eigenvalue weighted by Crippen LogP contribution is 2.43. The van der Waals surface area contributed by atoms with E-state index >= 15 is 0 Å². The molecule has 2 rings (SSSR count). The highest BCUT2D eigenvalue weighted by Gasteiger charge is 2.24. The third-order valence-electron chi connectivity index (χ3n) is 3.27. The lowest BCUT2D eigenvalue weighted by Gasteiger charge is -2.24. The number of aromatic amines is 1. The minimum atomic E-state index is -0.0763. The summed E-state index contributed by atoms with van der Waals surface area (Å²) in [5.74, 6) is 2.08. The smallest absolute Gasteiger partial charge is 0.130 e. The van der Waals surface area contributed by atoms with Gasteiger partial charge in [-0.2, -0.15) is 5.10 Å². The van der Waals surface area contributed by atoms with Crippen molar-refractivity contribution in [3.05, 3.63) is 23.9 Å². The Morgan fingerprint density at radius 3 is 2.25 bits per heavy atom. The molecule has 0 bridgehead atoms. The average molecular weight is 275 g/mol. The summed E-state index contributed by atoms with van der Waals surface area (Å²) in [5, 5.41) is 6.72. The van der Waals surface area contributed by atoms with E-state index in [4.69, 9.17) is 15.2 Å². The SMILES string of the molecule is COc1cc(-c2cn[nH]c2N)c(OC)c(C(C)(C)C)c1. The Labute approximate surface area is 119 Å². The van der Waals surface area contributed by atoms with Crippen LogP contribution in [0.15, 0.2) is 18.3 Å². The van der Waals surface area contributed by atoms with Crippen LogP contribution in [-0.2, 0) is 5.41 Å². The average Bonchev–Trinajstić information content (AvgIpc) is 2.82. The van der Waals surface area contributed by atoms with Crippen molar-refractivity contribution in [3.63, 3.8) is 0 Å². The summed E-state index contributed by atoms with van der Waals surface area (Å²) in [7, 11) is 3.31. The Kier molecular flexibility index (Phi) is 3.61. The summed E-state index contributed by atoms with van der Waals surface area (Å²) in [6.07, 6.45) is 1.69. The van der Waals surface area contributed by atoms with E-state index in [2.05, 4.69) is 31.0 Å². The molecular formula is C15H21N3O2. The Hall–Kier alpha value is -2.17. The number of benzene rings is 1. The van der Waals surface area contributed by atoms with Gasteiger partial charge in [-0.15, -0.1) is 0 Å². The summed E-state index contributed by atoms with van der Waals surface area (Å²) < 4.78 is 11.0. The van der Waals surface area contributed by atoms with Gasteiger partial charge in [0.1, 0.15) is 17.3 Å². The Balaban J connectivity index is 2.76. The van der Waals surface area contributed by atoms with Crippen molar-refractivity contribution in [3.8, 4) is 22.6 Å². The Morgan fingerprint density at radius 2 is 1.80 bits per heavy atom. The standard InChI is InChI=1S/C15H21N3O2/c1-15(2,3)12-7-9(19-4)6-10(13(12)20-5)11-8-17-18-14(11)16/h6-8H,1-5H3,(H3,16,17,18). The van der Waals surface area contributed by atoms with Gasteiger partial charge in [-0.1, -0.05) is 20.8 Å². The van der Waals surface area contributed by atoms with Gasteiger partial charge in [-0.25, -0.2) is 0 Å².